The molecule has 0 bridgehead atoms. The number of hydrogen-bond acceptors (Lipinski definition) is 4. The molecule has 9 heteroatoms. The van der Waals surface area contributed by atoms with Gasteiger partial charge in [-0.2, -0.15) is 0 Å². The van der Waals surface area contributed by atoms with E-state index in [-0.39, 0.29) is 23.9 Å². The highest BCUT2D eigenvalue weighted by molar-refractivity contribution is 5.99. The maximum Gasteiger partial charge on any atom is 0.312 e. The Kier molecular flexibility index (Phi) is 5.11. The van der Waals surface area contributed by atoms with Crippen LogP contribution in [0.25, 0.3) is 10.9 Å². The minimum atomic E-state index is -1.17. The van der Waals surface area contributed by atoms with Crippen LogP contribution in [0.15, 0.2) is 24.3 Å². The number of piperazine rings is 1. The van der Waals surface area contributed by atoms with Crippen molar-refractivity contribution in [2.45, 2.75) is 56.7 Å². The zero-order valence-electron chi connectivity index (χ0n) is 17.7. The lowest BCUT2D eigenvalue weighted by Gasteiger charge is -2.48. The van der Waals surface area contributed by atoms with Gasteiger partial charge in [-0.1, -0.05) is 18.2 Å². The Morgan fingerprint density at radius 2 is 1.97 bits per heavy atom. The summed E-state index contributed by atoms with van der Waals surface area (Å²) in [6, 6.07) is 6.80. The summed E-state index contributed by atoms with van der Waals surface area (Å²) in [4.78, 5) is 56.2. The molecule has 168 valence electrons. The number of para-hydroxylation sites is 1. The quantitative estimate of drug-likeness (QED) is 0.464. The average Bonchev–Trinajstić information content (AvgIpc) is 3.39. The summed E-state index contributed by atoms with van der Waals surface area (Å²) in [5.74, 6) is -1.66. The number of nitrogens with one attached hydrogen (secondary N) is 2. The maximum atomic E-state index is 13.5. The van der Waals surface area contributed by atoms with E-state index in [0.29, 0.717) is 38.8 Å². The first kappa shape index (κ1) is 20.5. The van der Waals surface area contributed by atoms with Crippen LogP contribution in [-0.4, -0.2) is 68.8 Å². The van der Waals surface area contributed by atoms with Crippen LogP contribution in [0, 0.1) is 0 Å². The van der Waals surface area contributed by atoms with Crippen LogP contribution in [0.4, 0.5) is 0 Å². The molecule has 1 aromatic heterocycles. The van der Waals surface area contributed by atoms with Gasteiger partial charge in [-0.15, -0.1) is 0 Å². The third-order valence-corrected chi connectivity index (χ3v) is 6.90. The van der Waals surface area contributed by atoms with Crippen molar-refractivity contribution in [2.75, 3.05) is 13.1 Å². The van der Waals surface area contributed by atoms with Gasteiger partial charge < -0.3 is 25.2 Å². The SMILES string of the molecule is O=C(O)CC(=O)NCCC[C@H]1c2[nH]c3ccccc3c2C[C@H]2C(=O)N3CCC[C@H]3C(=O)N21. The molecule has 3 N–H and O–H groups in total. The fourth-order valence-corrected chi connectivity index (χ4v) is 5.54. The van der Waals surface area contributed by atoms with Crippen LogP contribution in [0.2, 0.25) is 0 Å². The summed E-state index contributed by atoms with van der Waals surface area (Å²) in [7, 11) is 0. The normalized spacial score (nSPS) is 24.3. The van der Waals surface area contributed by atoms with Crippen molar-refractivity contribution in [2.24, 2.45) is 0 Å². The molecule has 3 amide bonds. The number of aliphatic carboxylic acids is 1. The largest absolute Gasteiger partial charge is 0.481 e. The van der Waals surface area contributed by atoms with E-state index in [1.807, 2.05) is 24.3 Å². The number of carbonyl (C=O) groups excluding carboxylic acids is 3. The molecule has 1 aromatic carbocycles. The van der Waals surface area contributed by atoms with Crippen LogP contribution in [0.1, 0.15) is 49.4 Å². The van der Waals surface area contributed by atoms with E-state index in [9.17, 15) is 19.2 Å². The second kappa shape index (κ2) is 7.96. The molecule has 0 spiro atoms. The zero-order chi connectivity index (χ0) is 22.4. The van der Waals surface area contributed by atoms with Crippen molar-refractivity contribution in [1.82, 2.24) is 20.1 Å². The third-order valence-electron chi connectivity index (χ3n) is 6.90. The number of benzene rings is 1. The highest BCUT2D eigenvalue weighted by atomic mass is 16.4. The number of nitrogens with zero attached hydrogens (tertiary/aromatic N) is 2. The summed E-state index contributed by atoms with van der Waals surface area (Å²) in [5.41, 5.74) is 3.03. The Balaban J connectivity index is 1.44. The van der Waals surface area contributed by atoms with Gasteiger partial charge in [0.05, 0.1) is 6.04 Å². The number of carbonyl (C=O) groups is 4. The molecule has 2 aromatic rings. The van der Waals surface area contributed by atoms with Crippen molar-refractivity contribution in [3.05, 3.63) is 35.5 Å². The lowest BCUT2D eigenvalue weighted by molar-refractivity contribution is -0.163. The molecule has 3 aliphatic heterocycles. The van der Waals surface area contributed by atoms with Crippen molar-refractivity contribution in [3.8, 4) is 0 Å². The molecule has 3 aliphatic rings. The first-order chi connectivity index (χ1) is 15.5. The summed E-state index contributed by atoms with van der Waals surface area (Å²) < 4.78 is 0. The molecule has 5 rings (SSSR count). The minimum Gasteiger partial charge on any atom is -0.481 e. The fourth-order valence-electron chi connectivity index (χ4n) is 5.54. The highest BCUT2D eigenvalue weighted by Gasteiger charge is 2.52. The Hall–Kier alpha value is -3.36. The van der Waals surface area contributed by atoms with E-state index < -0.39 is 24.3 Å². The minimum absolute atomic E-state index is 0.0105. The Labute approximate surface area is 184 Å². The third kappa shape index (κ3) is 3.32. The summed E-state index contributed by atoms with van der Waals surface area (Å²) >= 11 is 0. The number of aromatic amines is 1. The van der Waals surface area contributed by atoms with Gasteiger partial charge in [0.1, 0.15) is 18.5 Å². The molecule has 0 unspecified atom stereocenters. The predicted octanol–water partition coefficient (Wildman–Crippen LogP) is 1.34. The molecule has 4 heterocycles. The Bertz CT molecular complexity index is 1110. The van der Waals surface area contributed by atoms with Gasteiger partial charge in [-0.3, -0.25) is 19.2 Å². The van der Waals surface area contributed by atoms with Crippen molar-refractivity contribution >= 4 is 34.6 Å². The number of amides is 3. The van der Waals surface area contributed by atoms with Crippen LogP contribution in [0.3, 0.4) is 0 Å². The van der Waals surface area contributed by atoms with E-state index in [4.69, 9.17) is 5.11 Å². The number of rotatable bonds is 6. The van der Waals surface area contributed by atoms with Crippen LogP contribution in [-0.2, 0) is 25.6 Å². The molecule has 0 saturated carbocycles. The summed E-state index contributed by atoms with van der Waals surface area (Å²) in [6.45, 7) is 0.953. The van der Waals surface area contributed by atoms with Gasteiger partial charge in [0, 0.05) is 36.1 Å². The predicted molar refractivity (Wildman–Crippen MR) is 115 cm³/mol. The topological polar surface area (TPSA) is 123 Å². The van der Waals surface area contributed by atoms with E-state index in [1.54, 1.807) is 9.80 Å². The van der Waals surface area contributed by atoms with Gasteiger partial charge >= 0.3 is 5.97 Å². The number of carboxylic acid groups (broad SMARTS) is 1. The molecule has 9 nitrogen and oxygen atoms in total. The van der Waals surface area contributed by atoms with Crippen LogP contribution < -0.4 is 5.32 Å². The Morgan fingerprint density at radius 1 is 1.16 bits per heavy atom. The number of carboxylic acids is 1. The van der Waals surface area contributed by atoms with Gasteiger partial charge in [-0.25, -0.2) is 0 Å². The molecule has 32 heavy (non-hydrogen) atoms. The van der Waals surface area contributed by atoms with Gasteiger partial charge in [0.25, 0.3) is 0 Å². The fraction of sp³-hybridized carbons (Fsp3) is 0.478. The van der Waals surface area contributed by atoms with Crippen molar-refractivity contribution < 1.29 is 24.3 Å². The lowest BCUT2D eigenvalue weighted by atomic mass is 9.86. The van der Waals surface area contributed by atoms with Crippen molar-refractivity contribution in [3.63, 3.8) is 0 Å². The molecule has 3 atom stereocenters. The van der Waals surface area contributed by atoms with Gasteiger partial charge in [0.15, 0.2) is 0 Å². The molecule has 0 aliphatic carbocycles. The zero-order valence-corrected chi connectivity index (χ0v) is 17.7. The smallest absolute Gasteiger partial charge is 0.312 e. The second-order valence-corrected chi connectivity index (χ2v) is 8.80. The van der Waals surface area contributed by atoms with E-state index in [2.05, 4.69) is 10.3 Å². The van der Waals surface area contributed by atoms with E-state index >= 15 is 0 Å². The molecular formula is C23H26N4O5. The molecule has 2 fully saturated rings. The Morgan fingerprint density at radius 3 is 2.78 bits per heavy atom. The summed E-state index contributed by atoms with van der Waals surface area (Å²) in [6.07, 6.45) is 2.61. The summed E-state index contributed by atoms with van der Waals surface area (Å²) in [5, 5.41) is 12.4. The number of aromatic nitrogens is 1. The van der Waals surface area contributed by atoms with E-state index in [0.717, 1.165) is 28.6 Å². The van der Waals surface area contributed by atoms with E-state index in [1.165, 1.54) is 0 Å². The number of fused-ring (bicyclic) bond motifs is 5. The maximum absolute atomic E-state index is 13.5. The van der Waals surface area contributed by atoms with Crippen molar-refractivity contribution in [1.29, 1.82) is 0 Å². The lowest BCUT2D eigenvalue weighted by Crippen LogP contribution is -2.65. The standard InChI is InChI=1S/C23H26N4O5/c28-19(12-20(29)30)24-9-3-7-16-21-14(13-5-1-2-6-15(13)25-21)11-18-22(31)26-10-4-8-17(26)23(32)27(16)18/h1-2,5-6,16-18,25H,3-4,7-12H2,(H,24,28)(H,29,30)/t16-,17-,18-/m0/s1. The number of H-pyrrole nitrogens is 1. The van der Waals surface area contributed by atoms with Gasteiger partial charge in [-0.05, 0) is 37.3 Å². The first-order valence-corrected chi connectivity index (χ1v) is 11.2. The monoisotopic (exact) mass is 438 g/mol. The molecular weight excluding hydrogens is 412 g/mol. The van der Waals surface area contributed by atoms with Gasteiger partial charge in [0.2, 0.25) is 17.7 Å². The highest BCUT2D eigenvalue weighted by Crippen LogP contribution is 2.43. The number of hydrogen-bond donors (Lipinski definition) is 3. The second-order valence-electron chi connectivity index (χ2n) is 8.80. The molecule has 0 radical (unpaired) electrons. The average molecular weight is 438 g/mol. The first-order valence-electron chi connectivity index (χ1n) is 11.2. The van der Waals surface area contributed by atoms with Crippen LogP contribution in [0.5, 0.6) is 0 Å². The van der Waals surface area contributed by atoms with Crippen LogP contribution >= 0.6 is 0 Å². The molecule has 2 saturated heterocycles.